The van der Waals surface area contributed by atoms with Gasteiger partial charge in [0.15, 0.2) is 6.29 Å². The van der Waals surface area contributed by atoms with Crippen LogP contribution in [0, 0.1) is 0 Å². The van der Waals surface area contributed by atoms with Crippen LogP contribution in [0.15, 0.2) is 30.7 Å². The molecule has 1 aromatic carbocycles. The minimum Gasteiger partial charge on any atom is -0.534 e. The number of aliphatic hydroxyl groups is 2. The Morgan fingerprint density at radius 2 is 2.32 bits per heavy atom. The van der Waals surface area contributed by atoms with Crippen LogP contribution in [-0.4, -0.2) is 50.3 Å². The summed E-state index contributed by atoms with van der Waals surface area (Å²) in [7, 11) is -1.32. The highest BCUT2D eigenvalue weighted by molar-refractivity contribution is 6.47. The predicted molar refractivity (Wildman–Crippen MR) is 88.5 cm³/mol. The summed E-state index contributed by atoms with van der Waals surface area (Å²) in [5.74, 6) is -0.904. The lowest BCUT2D eigenvalue weighted by molar-refractivity contribution is -0.0436. The molecule has 0 radical (unpaired) electrons. The zero-order valence-corrected chi connectivity index (χ0v) is 13.4. The van der Waals surface area contributed by atoms with Crippen molar-refractivity contribution in [2.75, 3.05) is 6.54 Å². The molecule has 0 saturated heterocycles. The summed E-state index contributed by atoms with van der Waals surface area (Å²) < 4.78 is 7.10. The lowest BCUT2D eigenvalue weighted by atomic mass is 9.72. The number of fused-ring (bicyclic) bond motifs is 1. The number of carbonyl (C=O) groups is 1. The number of nitrogens with two attached hydrogens (primary N) is 1. The molecule has 0 saturated carbocycles. The van der Waals surface area contributed by atoms with E-state index in [9.17, 15) is 20.0 Å². The number of amides is 1. The average Bonchev–Trinajstić information content (AvgIpc) is 3.04. The summed E-state index contributed by atoms with van der Waals surface area (Å²) in [5, 5.41) is 31.6. The number of benzene rings is 1. The first-order chi connectivity index (χ1) is 12.0. The van der Waals surface area contributed by atoms with Crippen LogP contribution in [0.3, 0.4) is 0 Å². The summed E-state index contributed by atoms with van der Waals surface area (Å²) >= 11 is 0. The van der Waals surface area contributed by atoms with Crippen LogP contribution in [0.1, 0.15) is 27.9 Å². The normalized spacial score (nSPS) is 16.5. The maximum absolute atomic E-state index is 12.3. The van der Waals surface area contributed by atoms with Crippen molar-refractivity contribution in [2.45, 2.75) is 25.2 Å². The van der Waals surface area contributed by atoms with Gasteiger partial charge < -0.3 is 35.5 Å². The second kappa shape index (κ2) is 7.24. The van der Waals surface area contributed by atoms with Crippen molar-refractivity contribution >= 4 is 13.0 Å². The zero-order chi connectivity index (χ0) is 18.0. The summed E-state index contributed by atoms with van der Waals surface area (Å²) in [4.78, 5) is 16.3. The summed E-state index contributed by atoms with van der Waals surface area (Å²) in [6, 6.07) is 4.89. The molecule has 10 heteroatoms. The van der Waals surface area contributed by atoms with Crippen LogP contribution in [0.2, 0.25) is 0 Å². The van der Waals surface area contributed by atoms with Crippen LogP contribution in [0.5, 0.6) is 5.75 Å². The highest BCUT2D eigenvalue weighted by atomic mass is 16.5. The molecule has 25 heavy (non-hydrogen) atoms. The highest BCUT2D eigenvalue weighted by Crippen LogP contribution is 2.32. The van der Waals surface area contributed by atoms with Gasteiger partial charge in [-0.2, -0.15) is 0 Å². The standard InChI is InChI=1S/C15H19BN4O5/c17-4-5-20-7-11(18-8-20)14(21)19-12-6-9-2-1-3-10(15(22)23)13(9)25-16(12)24/h1-3,7-8,12,15,22-24H,4-6,17H2,(H,19,21)/t12-/m0/s1. The molecule has 2 aromatic rings. The van der Waals surface area contributed by atoms with E-state index in [1.165, 1.54) is 12.4 Å². The smallest absolute Gasteiger partial charge is 0.534 e. The molecular weight excluding hydrogens is 327 g/mol. The monoisotopic (exact) mass is 346 g/mol. The van der Waals surface area contributed by atoms with Gasteiger partial charge in [-0.3, -0.25) is 4.79 Å². The van der Waals surface area contributed by atoms with E-state index in [1.54, 1.807) is 22.9 Å². The molecule has 6 N–H and O–H groups in total. The molecule has 0 spiro atoms. The van der Waals surface area contributed by atoms with E-state index < -0.39 is 25.3 Å². The Morgan fingerprint density at radius 3 is 3.04 bits per heavy atom. The van der Waals surface area contributed by atoms with Gasteiger partial charge in [-0.15, -0.1) is 0 Å². The molecule has 0 bridgehead atoms. The van der Waals surface area contributed by atoms with Gasteiger partial charge in [-0.25, -0.2) is 4.98 Å². The molecule has 3 rings (SSSR count). The van der Waals surface area contributed by atoms with Gasteiger partial charge in [-0.1, -0.05) is 18.2 Å². The minimum absolute atomic E-state index is 0.168. The zero-order valence-electron chi connectivity index (χ0n) is 13.4. The number of nitrogens with zero attached hydrogens (tertiary/aromatic N) is 2. The van der Waals surface area contributed by atoms with E-state index in [1.807, 2.05) is 0 Å². The number of aliphatic hydroxyl groups excluding tert-OH is 1. The predicted octanol–water partition coefficient (Wildman–Crippen LogP) is -1.42. The number of nitrogens with one attached hydrogen (secondary N) is 1. The fourth-order valence-electron chi connectivity index (χ4n) is 2.77. The first-order valence-corrected chi connectivity index (χ1v) is 7.85. The molecule has 1 atom stereocenters. The maximum Gasteiger partial charge on any atom is 0.547 e. The topological polar surface area (TPSA) is 143 Å². The Kier molecular flexibility index (Phi) is 5.04. The largest absolute Gasteiger partial charge is 0.547 e. The Hall–Kier alpha value is -2.40. The highest BCUT2D eigenvalue weighted by Gasteiger charge is 2.37. The Bertz CT molecular complexity index is 766. The molecule has 1 amide bonds. The molecule has 0 unspecified atom stereocenters. The fraction of sp³-hybridized carbons (Fsp3) is 0.333. The van der Waals surface area contributed by atoms with Crippen molar-refractivity contribution in [3.63, 3.8) is 0 Å². The Labute approximate surface area is 144 Å². The van der Waals surface area contributed by atoms with Gasteiger partial charge in [0.2, 0.25) is 0 Å². The van der Waals surface area contributed by atoms with E-state index in [0.717, 1.165) is 0 Å². The molecule has 0 fully saturated rings. The molecule has 2 heterocycles. The number of aromatic nitrogens is 2. The van der Waals surface area contributed by atoms with Crippen molar-refractivity contribution in [1.82, 2.24) is 14.9 Å². The second-order valence-electron chi connectivity index (χ2n) is 5.79. The number of carbonyl (C=O) groups excluding carboxylic acids is 1. The number of para-hydroxylation sites is 1. The van der Waals surface area contributed by atoms with E-state index in [-0.39, 0.29) is 23.4 Å². The number of hydrogen-bond donors (Lipinski definition) is 5. The van der Waals surface area contributed by atoms with Crippen molar-refractivity contribution in [1.29, 1.82) is 0 Å². The summed E-state index contributed by atoms with van der Waals surface area (Å²) in [5.41, 5.74) is 6.50. The second-order valence-corrected chi connectivity index (χ2v) is 5.79. The van der Waals surface area contributed by atoms with Crippen LogP contribution < -0.4 is 15.7 Å². The van der Waals surface area contributed by atoms with Gasteiger partial charge >= 0.3 is 7.12 Å². The van der Waals surface area contributed by atoms with Crippen LogP contribution >= 0.6 is 0 Å². The van der Waals surface area contributed by atoms with Crippen LogP contribution in [-0.2, 0) is 13.0 Å². The molecule has 0 aliphatic carbocycles. The van der Waals surface area contributed by atoms with E-state index >= 15 is 0 Å². The first kappa shape index (κ1) is 17.4. The molecule has 132 valence electrons. The van der Waals surface area contributed by atoms with E-state index in [4.69, 9.17) is 10.4 Å². The number of rotatable bonds is 5. The van der Waals surface area contributed by atoms with Gasteiger partial charge in [0.1, 0.15) is 11.4 Å². The minimum atomic E-state index is -1.71. The van der Waals surface area contributed by atoms with Gasteiger partial charge in [-0.05, 0) is 12.0 Å². The van der Waals surface area contributed by atoms with Gasteiger partial charge in [0.05, 0.1) is 12.3 Å². The summed E-state index contributed by atoms with van der Waals surface area (Å²) in [6.07, 6.45) is 1.67. The first-order valence-electron chi connectivity index (χ1n) is 7.85. The van der Waals surface area contributed by atoms with Crippen molar-refractivity contribution in [2.24, 2.45) is 5.73 Å². The van der Waals surface area contributed by atoms with Crippen molar-refractivity contribution in [3.8, 4) is 5.75 Å². The Balaban J connectivity index is 1.73. The maximum atomic E-state index is 12.3. The molecule has 1 aliphatic heterocycles. The number of hydrogen-bond acceptors (Lipinski definition) is 7. The fourth-order valence-corrected chi connectivity index (χ4v) is 2.77. The van der Waals surface area contributed by atoms with Crippen molar-refractivity contribution < 1.29 is 24.7 Å². The van der Waals surface area contributed by atoms with Crippen LogP contribution in [0.25, 0.3) is 0 Å². The Morgan fingerprint density at radius 1 is 1.52 bits per heavy atom. The lowest BCUT2D eigenvalue weighted by Gasteiger charge is -2.29. The quantitative estimate of drug-likeness (QED) is 0.330. The SMILES string of the molecule is NCCn1cnc(C(=O)N[C@H]2Cc3cccc(C(O)O)c3OB2O)c1. The molecule has 1 aliphatic rings. The third-order valence-corrected chi connectivity index (χ3v) is 4.00. The molecular formula is C15H19BN4O5. The average molecular weight is 346 g/mol. The molecule has 9 nitrogen and oxygen atoms in total. The third kappa shape index (κ3) is 3.66. The van der Waals surface area contributed by atoms with E-state index in [2.05, 4.69) is 10.3 Å². The van der Waals surface area contributed by atoms with Crippen molar-refractivity contribution in [3.05, 3.63) is 47.5 Å². The van der Waals surface area contributed by atoms with Crippen LogP contribution in [0.4, 0.5) is 0 Å². The summed E-state index contributed by atoms with van der Waals surface area (Å²) in [6.45, 7) is 0.984. The number of imidazole rings is 1. The lowest BCUT2D eigenvalue weighted by Crippen LogP contribution is -2.53. The third-order valence-electron chi connectivity index (χ3n) is 4.00. The van der Waals surface area contributed by atoms with E-state index in [0.29, 0.717) is 18.7 Å². The molecule has 1 aromatic heterocycles. The van der Waals surface area contributed by atoms with Gasteiger partial charge in [0, 0.05) is 24.8 Å². The van der Waals surface area contributed by atoms with Gasteiger partial charge in [0.25, 0.3) is 5.91 Å².